The van der Waals surface area contributed by atoms with Crippen molar-refractivity contribution < 1.29 is 4.79 Å². The van der Waals surface area contributed by atoms with Crippen LogP contribution in [0.3, 0.4) is 0 Å². The van der Waals surface area contributed by atoms with Crippen LogP contribution >= 0.6 is 11.3 Å². The smallest absolute Gasteiger partial charge is 0.230 e. The number of piperazine rings is 1. The largest absolute Gasteiger partial charge is 0.352 e. The van der Waals surface area contributed by atoms with Crippen LogP contribution in [0.2, 0.25) is 0 Å². The fourth-order valence-electron chi connectivity index (χ4n) is 5.50. The van der Waals surface area contributed by atoms with Crippen LogP contribution in [0.5, 0.6) is 0 Å². The Morgan fingerprint density at radius 1 is 1.06 bits per heavy atom. The van der Waals surface area contributed by atoms with Crippen molar-refractivity contribution in [3.8, 4) is 0 Å². The maximum atomic E-state index is 13.4. The summed E-state index contributed by atoms with van der Waals surface area (Å²) in [6.07, 6.45) is 8.17. The molecule has 2 fully saturated rings. The zero-order valence-electron chi connectivity index (χ0n) is 19.4. The van der Waals surface area contributed by atoms with Crippen molar-refractivity contribution in [2.75, 3.05) is 31.1 Å². The van der Waals surface area contributed by atoms with Crippen LogP contribution in [0.15, 0.2) is 30.3 Å². The van der Waals surface area contributed by atoms with Gasteiger partial charge in [-0.1, -0.05) is 37.3 Å². The first-order valence-corrected chi connectivity index (χ1v) is 13.5. The normalized spacial score (nSPS) is 19.5. The number of benzene rings is 1. The molecule has 2 aliphatic carbocycles. The number of thiophene rings is 1. The van der Waals surface area contributed by atoms with E-state index in [4.69, 9.17) is 9.97 Å². The van der Waals surface area contributed by atoms with E-state index in [-0.39, 0.29) is 11.8 Å². The third-order valence-electron chi connectivity index (χ3n) is 7.55. The molecule has 1 amide bonds. The number of anilines is 1. The minimum atomic E-state index is -0.0473. The molecule has 5 nitrogen and oxygen atoms in total. The van der Waals surface area contributed by atoms with E-state index in [1.807, 2.05) is 29.5 Å². The second-order valence-electron chi connectivity index (χ2n) is 9.75. The average Bonchev–Trinajstić information content (AvgIpc) is 3.65. The van der Waals surface area contributed by atoms with Crippen molar-refractivity contribution >= 4 is 33.3 Å². The van der Waals surface area contributed by atoms with Crippen LogP contribution in [0.4, 0.5) is 5.82 Å². The minimum Gasteiger partial charge on any atom is -0.352 e. The van der Waals surface area contributed by atoms with Gasteiger partial charge >= 0.3 is 0 Å². The standard InChI is InChI=1S/C27H32N4OS/c1-2-20(18-8-4-3-5-9-18)27(32)31-16-14-30(15-17-31)25-23-21-10-6-7-11-22(21)33-26(23)29-24(28-25)19-12-13-19/h3-5,8-9,19-20H,2,6-7,10-17H2,1H3. The summed E-state index contributed by atoms with van der Waals surface area (Å²) in [4.78, 5) is 30.8. The fraction of sp³-hybridized carbons (Fsp3) is 0.519. The zero-order valence-corrected chi connectivity index (χ0v) is 20.2. The quantitative estimate of drug-likeness (QED) is 0.519. The Bertz CT molecular complexity index is 1160. The molecule has 3 aliphatic rings. The van der Waals surface area contributed by atoms with Gasteiger partial charge in [0.1, 0.15) is 16.5 Å². The molecule has 172 valence electrons. The predicted molar refractivity (Wildman–Crippen MR) is 134 cm³/mol. The Balaban J connectivity index is 1.26. The second kappa shape index (κ2) is 8.71. The monoisotopic (exact) mass is 460 g/mol. The first-order chi connectivity index (χ1) is 16.2. The number of amides is 1. The summed E-state index contributed by atoms with van der Waals surface area (Å²) in [5, 5.41) is 1.31. The lowest BCUT2D eigenvalue weighted by Gasteiger charge is -2.37. The Kier molecular flexibility index (Phi) is 5.57. The van der Waals surface area contributed by atoms with Gasteiger partial charge < -0.3 is 9.80 Å². The van der Waals surface area contributed by atoms with Gasteiger partial charge in [0.2, 0.25) is 5.91 Å². The van der Waals surface area contributed by atoms with Crippen molar-refractivity contribution in [2.24, 2.45) is 0 Å². The summed E-state index contributed by atoms with van der Waals surface area (Å²) in [7, 11) is 0. The summed E-state index contributed by atoms with van der Waals surface area (Å²) in [5.41, 5.74) is 2.64. The Morgan fingerprint density at radius 2 is 1.82 bits per heavy atom. The number of aryl methyl sites for hydroxylation is 2. The molecule has 2 aromatic heterocycles. The lowest BCUT2D eigenvalue weighted by Crippen LogP contribution is -2.50. The molecule has 1 atom stereocenters. The van der Waals surface area contributed by atoms with Crippen LogP contribution in [0.25, 0.3) is 10.2 Å². The lowest BCUT2D eigenvalue weighted by molar-refractivity contribution is -0.133. The van der Waals surface area contributed by atoms with Crippen molar-refractivity contribution in [3.63, 3.8) is 0 Å². The molecule has 1 aromatic carbocycles. The third-order valence-corrected chi connectivity index (χ3v) is 8.74. The highest BCUT2D eigenvalue weighted by Gasteiger charge is 2.33. The molecule has 6 heteroatoms. The molecule has 0 bridgehead atoms. The van der Waals surface area contributed by atoms with Gasteiger partial charge in [-0.15, -0.1) is 11.3 Å². The van der Waals surface area contributed by atoms with Gasteiger partial charge in [-0.05, 0) is 56.1 Å². The minimum absolute atomic E-state index is 0.0473. The first-order valence-electron chi connectivity index (χ1n) is 12.6. The van der Waals surface area contributed by atoms with Gasteiger partial charge in [0.05, 0.1) is 11.3 Å². The second-order valence-corrected chi connectivity index (χ2v) is 10.8. The summed E-state index contributed by atoms with van der Waals surface area (Å²) < 4.78 is 0. The van der Waals surface area contributed by atoms with Gasteiger partial charge in [-0.25, -0.2) is 9.97 Å². The van der Waals surface area contributed by atoms with E-state index >= 15 is 0 Å². The van der Waals surface area contributed by atoms with Gasteiger partial charge in [-0.3, -0.25) is 4.79 Å². The van der Waals surface area contributed by atoms with Crippen molar-refractivity contribution in [3.05, 3.63) is 52.2 Å². The number of nitrogens with zero attached hydrogens (tertiary/aromatic N) is 4. The van der Waals surface area contributed by atoms with Gasteiger partial charge in [-0.2, -0.15) is 0 Å². The molecule has 6 rings (SSSR count). The van der Waals surface area contributed by atoms with Crippen LogP contribution in [0.1, 0.15) is 72.7 Å². The molecule has 1 aliphatic heterocycles. The van der Waals surface area contributed by atoms with Crippen LogP contribution < -0.4 is 4.90 Å². The average molecular weight is 461 g/mol. The molecule has 0 spiro atoms. The number of hydrogen-bond acceptors (Lipinski definition) is 5. The number of fused-ring (bicyclic) bond motifs is 3. The Morgan fingerprint density at radius 3 is 2.55 bits per heavy atom. The van der Waals surface area contributed by atoms with Crippen molar-refractivity contribution in [1.29, 1.82) is 0 Å². The fourth-order valence-corrected chi connectivity index (χ4v) is 6.77. The number of aromatic nitrogens is 2. The number of carbonyl (C=O) groups is 1. The van der Waals surface area contributed by atoms with E-state index in [0.717, 1.165) is 56.2 Å². The van der Waals surface area contributed by atoms with Crippen molar-refractivity contribution in [2.45, 2.75) is 63.7 Å². The lowest BCUT2D eigenvalue weighted by atomic mass is 9.94. The summed E-state index contributed by atoms with van der Waals surface area (Å²) in [6, 6.07) is 10.2. The topological polar surface area (TPSA) is 49.3 Å². The molecule has 0 radical (unpaired) electrons. The van der Waals surface area contributed by atoms with E-state index in [1.54, 1.807) is 0 Å². The molecule has 1 unspecified atom stereocenters. The molecule has 1 saturated heterocycles. The maximum absolute atomic E-state index is 13.4. The van der Waals surface area contributed by atoms with E-state index in [2.05, 4.69) is 28.9 Å². The predicted octanol–water partition coefficient (Wildman–Crippen LogP) is 5.29. The van der Waals surface area contributed by atoms with Crippen LogP contribution in [-0.4, -0.2) is 47.0 Å². The molecule has 1 saturated carbocycles. The molecule has 3 heterocycles. The number of hydrogen-bond donors (Lipinski definition) is 0. The summed E-state index contributed by atoms with van der Waals surface area (Å²) in [6.45, 7) is 5.33. The highest BCUT2D eigenvalue weighted by atomic mass is 32.1. The molecule has 33 heavy (non-hydrogen) atoms. The third kappa shape index (κ3) is 3.92. The first kappa shape index (κ1) is 21.1. The molecular weight excluding hydrogens is 428 g/mol. The van der Waals surface area contributed by atoms with Crippen molar-refractivity contribution in [1.82, 2.24) is 14.9 Å². The highest BCUT2D eigenvalue weighted by molar-refractivity contribution is 7.19. The van der Waals surface area contributed by atoms with Crippen LogP contribution in [-0.2, 0) is 17.6 Å². The van der Waals surface area contributed by atoms with E-state index in [1.165, 1.54) is 52.8 Å². The SMILES string of the molecule is CCC(C(=O)N1CCN(c2nc(C3CC3)nc3sc4c(c23)CCCC4)CC1)c1ccccc1. The summed E-state index contributed by atoms with van der Waals surface area (Å²) in [5.74, 6) is 2.95. The number of rotatable bonds is 5. The number of carbonyl (C=O) groups excluding carboxylic acids is 1. The Labute approximate surface area is 199 Å². The summed E-state index contributed by atoms with van der Waals surface area (Å²) >= 11 is 1.90. The van der Waals surface area contributed by atoms with E-state index in [9.17, 15) is 4.79 Å². The van der Waals surface area contributed by atoms with Gasteiger partial charge in [0.25, 0.3) is 0 Å². The van der Waals surface area contributed by atoms with E-state index in [0.29, 0.717) is 5.92 Å². The van der Waals surface area contributed by atoms with Crippen LogP contribution in [0, 0.1) is 0 Å². The van der Waals surface area contributed by atoms with E-state index < -0.39 is 0 Å². The zero-order chi connectivity index (χ0) is 22.4. The molecule has 0 N–H and O–H groups in total. The Hall–Kier alpha value is -2.47. The molecular formula is C27H32N4OS. The molecule has 3 aromatic rings. The van der Waals surface area contributed by atoms with Gasteiger partial charge in [0.15, 0.2) is 0 Å². The highest BCUT2D eigenvalue weighted by Crippen LogP contribution is 2.44. The maximum Gasteiger partial charge on any atom is 0.230 e. The van der Waals surface area contributed by atoms with Gasteiger partial charge in [0, 0.05) is 37.0 Å².